The second-order valence-electron chi connectivity index (χ2n) is 11.5. The van der Waals surface area contributed by atoms with Gasteiger partial charge in [-0.15, -0.1) is 0 Å². The van der Waals surface area contributed by atoms with E-state index >= 15 is 4.39 Å². The van der Waals surface area contributed by atoms with Gasteiger partial charge in [0.05, 0.1) is 12.8 Å². The number of amides is 2. The highest BCUT2D eigenvalue weighted by molar-refractivity contribution is 6.04. The molecule has 4 aromatic rings. The number of nitrogens with zero attached hydrogens (tertiary/aromatic N) is 3. The molecule has 6 rings (SSSR count). The number of anilines is 1. The van der Waals surface area contributed by atoms with Gasteiger partial charge in [-0.05, 0) is 80.1 Å². The van der Waals surface area contributed by atoms with Crippen molar-refractivity contribution < 1.29 is 18.7 Å². The van der Waals surface area contributed by atoms with E-state index in [9.17, 15) is 14.4 Å². The second-order valence-corrected chi connectivity index (χ2v) is 11.5. The Morgan fingerprint density at radius 1 is 1.09 bits per heavy atom. The van der Waals surface area contributed by atoms with Gasteiger partial charge in [-0.25, -0.2) is 14.1 Å². The molecule has 45 heavy (non-hydrogen) atoms. The van der Waals surface area contributed by atoms with Crippen LogP contribution in [0.1, 0.15) is 58.8 Å². The molecule has 10 nitrogen and oxygen atoms in total. The molecule has 2 amide bonds. The molecule has 1 aliphatic heterocycles. The van der Waals surface area contributed by atoms with Crippen molar-refractivity contribution in [3.05, 3.63) is 93.2 Å². The Bertz CT molecular complexity index is 1860. The SMILES string of the molecule is COc1nc(-c2cccc(-c3cccc(NC(=O)c4ccnn(C)c4=O)c3C)c2F)cc2c1[C@H](NCC[C@@H]1CCC(=O)N1)CC2. The minimum atomic E-state index is -0.569. The van der Waals surface area contributed by atoms with E-state index in [-0.39, 0.29) is 23.6 Å². The number of hydrogen-bond donors (Lipinski definition) is 3. The topological polar surface area (TPSA) is 127 Å². The zero-order valence-electron chi connectivity index (χ0n) is 25.4. The average molecular weight is 611 g/mol. The van der Waals surface area contributed by atoms with Gasteiger partial charge in [-0.2, -0.15) is 5.10 Å². The summed E-state index contributed by atoms with van der Waals surface area (Å²) >= 11 is 0. The van der Waals surface area contributed by atoms with Gasteiger partial charge in [0.25, 0.3) is 11.5 Å². The molecule has 0 unspecified atom stereocenters. The van der Waals surface area contributed by atoms with Gasteiger partial charge in [-0.1, -0.05) is 24.3 Å². The van der Waals surface area contributed by atoms with Crippen LogP contribution in [-0.4, -0.2) is 46.3 Å². The van der Waals surface area contributed by atoms with Crippen molar-refractivity contribution >= 4 is 17.5 Å². The third-order valence-electron chi connectivity index (χ3n) is 8.72. The third kappa shape index (κ3) is 5.95. The van der Waals surface area contributed by atoms with Crippen molar-refractivity contribution in [3.63, 3.8) is 0 Å². The normalized spacial score (nSPS) is 17.2. The van der Waals surface area contributed by atoms with Crippen LogP contribution in [0.2, 0.25) is 0 Å². The van der Waals surface area contributed by atoms with Crippen LogP contribution in [-0.2, 0) is 18.3 Å². The number of ether oxygens (including phenoxy) is 1. The smallest absolute Gasteiger partial charge is 0.279 e. The first kappa shape index (κ1) is 30.1. The standard InChI is InChI=1S/C34H35FN6O4/c1-19-22(6-5-9-26(19)39-32(43)25-15-17-37-41(2)34(25)44)23-7-4-8-24(31(23)35)28-18-20-10-12-27(30(20)33(40-28)45-3)36-16-14-21-11-13-29(42)38-21/h4-9,15,17-18,21,27,36H,10-14,16H2,1-3H3,(H,38,42)(H,39,43)/t21-,27+/m0/s1. The van der Waals surface area contributed by atoms with Crippen molar-refractivity contribution in [3.8, 4) is 28.3 Å². The van der Waals surface area contributed by atoms with Crippen LogP contribution < -0.4 is 26.2 Å². The maximum atomic E-state index is 16.3. The molecule has 0 spiro atoms. The molecule has 2 atom stereocenters. The van der Waals surface area contributed by atoms with E-state index < -0.39 is 17.3 Å². The van der Waals surface area contributed by atoms with Crippen molar-refractivity contribution in [2.24, 2.45) is 7.05 Å². The molecule has 2 aromatic carbocycles. The largest absolute Gasteiger partial charge is 0.481 e. The molecule has 0 radical (unpaired) electrons. The number of pyridine rings is 1. The van der Waals surface area contributed by atoms with Gasteiger partial charge in [0, 0.05) is 54.1 Å². The van der Waals surface area contributed by atoms with Crippen LogP contribution in [0.5, 0.6) is 5.88 Å². The fourth-order valence-electron chi connectivity index (χ4n) is 6.30. The van der Waals surface area contributed by atoms with Crippen LogP contribution in [0, 0.1) is 12.7 Å². The number of methoxy groups -OCH3 is 1. The summed E-state index contributed by atoms with van der Waals surface area (Å²) in [6.07, 6.45) is 5.38. The first-order valence-corrected chi connectivity index (χ1v) is 15.1. The molecule has 2 aromatic heterocycles. The second kappa shape index (κ2) is 12.6. The zero-order valence-corrected chi connectivity index (χ0v) is 25.4. The highest BCUT2D eigenvalue weighted by atomic mass is 19.1. The molecule has 1 aliphatic carbocycles. The van der Waals surface area contributed by atoms with Crippen molar-refractivity contribution in [2.75, 3.05) is 19.0 Å². The Morgan fingerprint density at radius 3 is 2.64 bits per heavy atom. The van der Waals surface area contributed by atoms with Gasteiger partial charge in [-0.3, -0.25) is 14.4 Å². The van der Waals surface area contributed by atoms with E-state index in [0.717, 1.165) is 48.0 Å². The van der Waals surface area contributed by atoms with E-state index in [0.29, 0.717) is 45.9 Å². The van der Waals surface area contributed by atoms with Crippen molar-refractivity contribution in [2.45, 2.75) is 51.1 Å². The lowest BCUT2D eigenvalue weighted by atomic mass is 9.95. The summed E-state index contributed by atoms with van der Waals surface area (Å²) in [6, 6.07) is 14.0. The van der Waals surface area contributed by atoms with Crippen LogP contribution in [0.3, 0.4) is 0 Å². The van der Waals surface area contributed by atoms with E-state index in [1.54, 1.807) is 50.4 Å². The van der Waals surface area contributed by atoms with Crippen LogP contribution in [0.25, 0.3) is 22.4 Å². The number of benzene rings is 2. The van der Waals surface area contributed by atoms with Gasteiger partial charge < -0.3 is 20.7 Å². The number of halogens is 1. The molecular weight excluding hydrogens is 575 g/mol. The Hall–Kier alpha value is -4.90. The summed E-state index contributed by atoms with van der Waals surface area (Å²) in [5.41, 5.74) is 4.42. The number of aromatic nitrogens is 3. The Morgan fingerprint density at radius 2 is 1.87 bits per heavy atom. The molecule has 3 heterocycles. The lowest BCUT2D eigenvalue weighted by Gasteiger charge is -2.19. The highest BCUT2D eigenvalue weighted by Crippen LogP contribution is 2.41. The summed E-state index contributed by atoms with van der Waals surface area (Å²) in [6.45, 7) is 2.56. The Balaban J connectivity index is 1.26. The van der Waals surface area contributed by atoms with Gasteiger partial charge in [0.1, 0.15) is 11.4 Å². The van der Waals surface area contributed by atoms with E-state index in [2.05, 4.69) is 21.0 Å². The predicted octanol–water partition coefficient (Wildman–Crippen LogP) is 4.46. The van der Waals surface area contributed by atoms with E-state index in [1.165, 1.54) is 19.3 Å². The molecular formula is C34H35FN6O4. The fraction of sp³-hybridized carbons (Fsp3) is 0.324. The van der Waals surface area contributed by atoms with Crippen LogP contribution in [0.15, 0.2) is 59.5 Å². The average Bonchev–Trinajstić information content (AvgIpc) is 3.65. The molecule has 0 bridgehead atoms. The lowest BCUT2D eigenvalue weighted by molar-refractivity contribution is -0.119. The van der Waals surface area contributed by atoms with Gasteiger partial charge in [0.2, 0.25) is 11.8 Å². The summed E-state index contributed by atoms with van der Waals surface area (Å²) in [7, 11) is 3.05. The zero-order chi connectivity index (χ0) is 31.7. The minimum Gasteiger partial charge on any atom is -0.481 e. The number of rotatable bonds is 9. The van der Waals surface area contributed by atoms with Gasteiger partial charge in [0.15, 0.2) is 0 Å². The molecule has 232 valence electrons. The summed E-state index contributed by atoms with van der Waals surface area (Å²) in [5.74, 6) is -0.419. The highest BCUT2D eigenvalue weighted by Gasteiger charge is 2.29. The van der Waals surface area contributed by atoms with Crippen molar-refractivity contribution in [1.29, 1.82) is 0 Å². The van der Waals surface area contributed by atoms with E-state index in [4.69, 9.17) is 9.72 Å². The quantitative estimate of drug-likeness (QED) is 0.255. The summed E-state index contributed by atoms with van der Waals surface area (Å²) < 4.78 is 23.1. The fourth-order valence-corrected chi connectivity index (χ4v) is 6.30. The third-order valence-corrected chi connectivity index (χ3v) is 8.72. The summed E-state index contributed by atoms with van der Waals surface area (Å²) in [4.78, 5) is 41.6. The van der Waals surface area contributed by atoms with Crippen molar-refractivity contribution in [1.82, 2.24) is 25.4 Å². The number of hydrogen-bond acceptors (Lipinski definition) is 7. The number of nitrogens with one attached hydrogen (secondary N) is 3. The summed E-state index contributed by atoms with van der Waals surface area (Å²) in [5, 5.41) is 13.3. The molecule has 3 N–H and O–H groups in total. The first-order valence-electron chi connectivity index (χ1n) is 15.1. The van der Waals surface area contributed by atoms with Crippen LogP contribution >= 0.6 is 0 Å². The molecule has 0 saturated carbocycles. The number of fused-ring (bicyclic) bond motifs is 1. The van der Waals surface area contributed by atoms with E-state index in [1.807, 2.05) is 6.07 Å². The molecule has 2 aliphatic rings. The maximum Gasteiger partial charge on any atom is 0.279 e. The Kier molecular flexibility index (Phi) is 8.44. The number of carbonyl (C=O) groups is 2. The predicted molar refractivity (Wildman–Crippen MR) is 169 cm³/mol. The Labute approximate surface area is 260 Å². The molecule has 11 heteroatoms. The maximum absolute atomic E-state index is 16.3. The molecule has 1 fully saturated rings. The lowest BCUT2D eigenvalue weighted by Crippen LogP contribution is -2.30. The number of carbonyl (C=O) groups excluding carboxylic acids is 2. The minimum absolute atomic E-state index is 0.0399. The van der Waals surface area contributed by atoms with Gasteiger partial charge >= 0.3 is 0 Å². The number of aryl methyl sites for hydroxylation is 2. The molecule has 1 saturated heterocycles. The van der Waals surface area contributed by atoms with Crippen LogP contribution in [0.4, 0.5) is 10.1 Å². The monoisotopic (exact) mass is 610 g/mol. The first-order chi connectivity index (χ1) is 21.7.